The lowest BCUT2D eigenvalue weighted by molar-refractivity contribution is -0.114. The molecule has 3 heteroatoms. The quantitative estimate of drug-likeness (QED) is 0.850. The van der Waals surface area contributed by atoms with Crippen LogP contribution in [0.3, 0.4) is 0 Å². The zero-order valence-corrected chi connectivity index (χ0v) is 13.5. The smallest absolute Gasteiger partial charge is 0.221 e. The molecule has 2 aromatic rings. The summed E-state index contributed by atoms with van der Waals surface area (Å²) in [7, 11) is 0. The molecule has 22 heavy (non-hydrogen) atoms. The van der Waals surface area contributed by atoms with Crippen LogP contribution in [0.4, 0.5) is 5.69 Å². The van der Waals surface area contributed by atoms with Crippen molar-refractivity contribution in [2.45, 2.75) is 33.2 Å². The number of amides is 1. The van der Waals surface area contributed by atoms with E-state index < -0.39 is 0 Å². The van der Waals surface area contributed by atoms with Crippen LogP contribution in [0.5, 0.6) is 0 Å². The molecule has 1 atom stereocenters. The molecule has 2 N–H and O–H groups in total. The molecule has 116 valence electrons. The van der Waals surface area contributed by atoms with Crippen LogP contribution >= 0.6 is 0 Å². The van der Waals surface area contributed by atoms with Crippen molar-refractivity contribution in [3.8, 4) is 0 Å². The van der Waals surface area contributed by atoms with Gasteiger partial charge in [0.05, 0.1) is 0 Å². The van der Waals surface area contributed by atoms with Gasteiger partial charge in [-0.2, -0.15) is 0 Å². The Kier molecular flexibility index (Phi) is 5.73. The molecule has 0 saturated carbocycles. The molecule has 2 rings (SSSR count). The highest BCUT2D eigenvalue weighted by Crippen LogP contribution is 2.17. The van der Waals surface area contributed by atoms with Crippen LogP contribution in [0, 0.1) is 6.92 Å². The molecule has 0 spiro atoms. The third kappa shape index (κ3) is 5.01. The van der Waals surface area contributed by atoms with Crippen LogP contribution in [0.25, 0.3) is 0 Å². The number of nitrogens with one attached hydrogen (secondary N) is 2. The van der Waals surface area contributed by atoms with E-state index in [2.05, 4.69) is 54.8 Å². The first-order valence-electron chi connectivity index (χ1n) is 7.71. The van der Waals surface area contributed by atoms with Gasteiger partial charge in [0.25, 0.3) is 0 Å². The Morgan fingerprint density at radius 1 is 1.14 bits per heavy atom. The summed E-state index contributed by atoms with van der Waals surface area (Å²) in [4.78, 5) is 11.1. The summed E-state index contributed by atoms with van der Waals surface area (Å²) in [6.45, 7) is 6.71. The summed E-state index contributed by atoms with van der Waals surface area (Å²) in [5.41, 5.74) is 4.67. The van der Waals surface area contributed by atoms with Crippen molar-refractivity contribution < 1.29 is 4.79 Å². The summed E-state index contributed by atoms with van der Waals surface area (Å²) in [5.74, 6) is -0.0443. The van der Waals surface area contributed by atoms with Gasteiger partial charge in [-0.15, -0.1) is 0 Å². The highest BCUT2D eigenvalue weighted by atomic mass is 16.1. The van der Waals surface area contributed by atoms with Gasteiger partial charge in [0, 0.05) is 18.7 Å². The van der Waals surface area contributed by atoms with Crippen LogP contribution in [0.1, 0.15) is 36.6 Å². The minimum Gasteiger partial charge on any atom is -0.326 e. The molecule has 0 aromatic heterocycles. The minimum absolute atomic E-state index is 0.0443. The minimum atomic E-state index is -0.0443. The van der Waals surface area contributed by atoms with Crippen molar-refractivity contribution in [3.63, 3.8) is 0 Å². The van der Waals surface area contributed by atoms with Crippen molar-refractivity contribution in [1.82, 2.24) is 5.32 Å². The van der Waals surface area contributed by atoms with Gasteiger partial charge in [-0.3, -0.25) is 4.79 Å². The standard InChI is InChI=1S/C19H24N2O/c1-14-6-4-7-17(12-14)10-11-20-15(2)18-8-5-9-19(13-18)21-16(3)22/h4-9,12-13,15,20H,10-11H2,1-3H3,(H,21,22). The van der Waals surface area contributed by atoms with E-state index in [0.717, 1.165) is 18.7 Å². The highest BCUT2D eigenvalue weighted by molar-refractivity contribution is 5.88. The lowest BCUT2D eigenvalue weighted by Gasteiger charge is -2.15. The molecule has 3 nitrogen and oxygen atoms in total. The molecule has 1 unspecified atom stereocenters. The summed E-state index contributed by atoms with van der Waals surface area (Å²) >= 11 is 0. The first kappa shape index (κ1) is 16.2. The number of hydrogen-bond donors (Lipinski definition) is 2. The molecule has 0 radical (unpaired) electrons. The maximum absolute atomic E-state index is 11.1. The average molecular weight is 296 g/mol. The predicted molar refractivity (Wildman–Crippen MR) is 92.0 cm³/mol. The van der Waals surface area contributed by atoms with Crippen molar-refractivity contribution >= 4 is 11.6 Å². The van der Waals surface area contributed by atoms with E-state index in [4.69, 9.17) is 0 Å². The van der Waals surface area contributed by atoms with E-state index in [1.54, 1.807) is 0 Å². The zero-order valence-electron chi connectivity index (χ0n) is 13.5. The van der Waals surface area contributed by atoms with Crippen LogP contribution < -0.4 is 10.6 Å². The second-order valence-corrected chi connectivity index (χ2v) is 5.72. The SMILES string of the molecule is CC(=O)Nc1cccc(C(C)NCCc2cccc(C)c2)c1. The fourth-order valence-corrected chi connectivity index (χ4v) is 2.51. The number of aryl methyl sites for hydroxylation is 1. The van der Waals surface area contributed by atoms with E-state index in [-0.39, 0.29) is 11.9 Å². The van der Waals surface area contributed by atoms with E-state index >= 15 is 0 Å². The van der Waals surface area contributed by atoms with E-state index in [0.29, 0.717) is 0 Å². The summed E-state index contributed by atoms with van der Waals surface area (Å²) in [5, 5.41) is 6.36. The molecule has 1 amide bonds. The third-order valence-electron chi connectivity index (χ3n) is 3.65. The number of rotatable bonds is 6. The highest BCUT2D eigenvalue weighted by Gasteiger charge is 2.06. The molecule has 0 aliphatic carbocycles. The van der Waals surface area contributed by atoms with Crippen LogP contribution in [-0.2, 0) is 11.2 Å². The summed E-state index contributed by atoms with van der Waals surface area (Å²) < 4.78 is 0. The molecular weight excluding hydrogens is 272 g/mol. The Hall–Kier alpha value is -2.13. The van der Waals surface area contributed by atoms with Crippen LogP contribution in [-0.4, -0.2) is 12.5 Å². The maximum atomic E-state index is 11.1. The van der Waals surface area contributed by atoms with Gasteiger partial charge in [0.2, 0.25) is 5.91 Å². The monoisotopic (exact) mass is 296 g/mol. The van der Waals surface area contributed by atoms with Crippen molar-refractivity contribution in [2.24, 2.45) is 0 Å². The first-order chi connectivity index (χ1) is 10.5. The van der Waals surface area contributed by atoms with Gasteiger partial charge >= 0.3 is 0 Å². The Bertz CT molecular complexity index is 637. The maximum Gasteiger partial charge on any atom is 0.221 e. The lowest BCUT2D eigenvalue weighted by atomic mass is 10.1. The van der Waals surface area contributed by atoms with E-state index in [1.807, 2.05) is 18.2 Å². The van der Waals surface area contributed by atoms with Crippen molar-refractivity contribution in [1.29, 1.82) is 0 Å². The van der Waals surface area contributed by atoms with Crippen LogP contribution in [0.2, 0.25) is 0 Å². The molecule has 0 fully saturated rings. The lowest BCUT2D eigenvalue weighted by Crippen LogP contribution is -2.21. The van der Waals surface area contributed by atoms with E-state index in [1.165, 1.54) is 23.6 Å². The van der Waals surface area contributed by atoms with Crippen molar-refractivity contribution in [2.75, 3.05) is 11.9 Å². The topological polar surface area (TPSA) is 41.1 Å². The van der Waals surface area contributed by atoms with Gasteiger partial charge in [0.1, 0.15) is 0 Å². The van der Waals surface area contributed by atoms with Gasteiger partial charge in [-0.25, -0.2) is 0 Å². The molecule has 0 heterocycles. The predicted octanol–water partition coefficient (Wildman–Crippen LogP) is 3.85. The fourth-order valence-electron chi connectivity index (χ4n) is 2.51. The summed E-state index contributed by atoms with van der Waals surface area (Å²) in [6.07, 6.45) is 1.01. The fraction of sp³-hybridized carbons (Fsp3) is 0.316. The number of benzene rings is 2. The van der Waals surface area contributed by atoms with Gasteiger partial charge < -0.3 is 10.6 Å². The van der Waals surface area contributed by atoms with Gasteiger partial charge in [-0.1, -0.05) is 42.0 Å². The van der Waals surface area contributed by atoms with Gasteiger partial charge in [-0.05, 0) is 50.1 Å². The first-order valence-corrected chi connectivity index (χ1v) is 7.71. The number of hydrogen-bond acceptors (Lipinski definition) is 2. The average Bonchev–Trinajstić information content (AvgIpc) is 2.47. The number of carbonyl (C=O) groups is 1. The Morgan fingerprint density at radius 2 is 1.91 bits per heavy atom. The second kappa shape index (κ2) is 7.76. The Labute approximate surface area is 132 Å². The number of carbonyl (C=O) groups excluding carboxylic acids is 1. The molecule has 0 saturated heterocycles. The largest absolute Gasteiger partial charge is 0.326 e. The van der Waals surface area contributed by atoms with Crippen molar-refractivity contribution in [3.05, 3.63) is 65.2 Å². The molecule has 0 bridgehead atoms. The molecule has 0 aliphatic rings. The molecular formula is C19H24N2O. The zero-order chi connectivity index (χ0) is 15.9. The van der Waals surface area contributed by atoms with Gasteiger partial charge in [0.15, 0.2) is 0 Å². The normalized spacial score (nSPS) is 12.0. The number of anilines is 1. The third-order valence-corrected chi connectivity index (χ3v) is 3.65. The Morgan fingerprint density at radius 3 is 2.64 bits per heavy atom. The van der Waals surface area contributed by atoms with Crippen LogP contribution in [0.15, 0.2) is 48.5 Å². The molecule has 0 aliphatic heterocycles. The van der Waals surface area contributed by atoms with E-state index in [9.17, 15) is 4.79 Å². The second-order valence-electron chi connectivity index (χ2n) is 5.72. The summed E-state index contributed by atoms with van der Waals surface area (Å²) in [6, 6.07) is 16.8. The Balaban J connectivity index is 1.89. The molecule has 2 aromatic carbocycles.